The van der Waals surface area contributed by atoms with Gasteiger partial charge in [0.15, 0.2) is 0 Å². The van der Waals surface area contributed by atoms with Crippen LogP contribution in [0.2, 0.25) is 0 Å². The van der Waals surface area contributed by atoms with Crippen LogP contribution in [0.15, 0.2) is 42.6 Å². The molecule has 0 amide bonds. The van der Waals surface area contributed by atoms with Crippen LogP contribution in [0, 0.1) is 0 Å². The average molecular weight is 224 g/mol. The Hall–Kier alpha value is -1.67. The highest BCUT2D eigenvalue weighted by Crippen LogP contribution is 2.24. The van der Waals surface area contributed by atoms with Gasteiger partial charge in [-0.15, -0.1) is 0 Å². The second-order valence-corrected chi connectivity index (χ2v) is 4.65. The lowest BCUT2D eigenvalue weighted by Crippen LogP contribution is -2.23. The van der Waals surface area contributed by atoms with Crippen LogP contribution in [-0.2, 0) is 0 Å². The van der Waals surface area contributed by atoms with Gasteiger partial charge < -0.3 is 4.90 Å². The molecule has 2 heteroatoms. The minimum Gasteiger partial charge on any atom is -0.302 e. The molecule has 2 aromatic rings. The molecule has 0 fully saturated rings. The van der Waals surface area contributed by atoms with Crippen molar-refractivity contribution in [2.24, 2.45) is 0 Å². The molecule has 0 saturated heterocycles. The summed E-state index contributed by atoms with van der Waals surface area (Å²) < 4.78 is 0. The van der Waals surface area contributed by atoms with E-state index < -0.39 is 0 Å². The molecule has 1 aromatic heterocycles. The minimum atomic E-state index is 1.05. The molecule has 0 saturated carbocycles. The summed E-state index contributed by atoms with van der Waals surface area (Å²) in [7, 11) is 2.16. The maximum absolute atomic E-state index is 4.41. The van der Waals surface area contributed by atoms with Crippen molar-refractivity contribution in [2.75, 3.05) is 20.1 Å². The van der Waals surface area contributed by atoms with E-state index in [2.05, 4.69) is 47.3 Å². The van der Waals surface area contributed by atoms with Gasteiger partial charge in [-0.3, -0.25) is 4.98 Å². The Labute approximate surface area is 102 Å². The van der Waals surface area contributed by atoms with Crippen LogP contribution in [-0.4, -0.2) is 30.0 Å². The number of pyridine rings is 1. The summed E-state index contributed by atoms with van der Waals surface area (Å²) in [6.45, 7) is 2.20. The van der Waals surface area contributed by atoms with Gasteiger partial charge in [0.25, 0.3) is 0 Å². The van der Waals surface area contributed by atoms with Crippen LogP contribution < -0.4 is 0 Å². The molecular weight excluding hydrogens is 208 g/mol. The molecule has 1 aliphatic heterocycles. The van der Waals surface area contributed by atoms with Crippen molar-refractivity contribution < 1.29 is 0 Å². The number of hydrogen-bond acceptors (Lipinski definition) is 2. The summed E-state index contributed by atoms with van der Waals surface area (Å²) in [6.07, 6.45) is 5.32. The van der Waals surface area contributed by atoms with Crippen molar-refractivity contribution in [3.63, 3.8) is 0 Å². The Balaban J connectivity index is 2.01. The summed E-state index contributed by atoms with van der Waals surface area (Å²) in [5, 5.41) is 1.21. The van der Waals surface area contributed by atoms with Crippen LogP contribution in [0.25, 0.3) is 16.5 Å². The molecule has 1 aromatic carbocycles. The third-order valence-electron chi connectivity index (χ3n) is 3.39. The number of rotatable bonds is 1. The second kappa shape index (κ2) is 4.30. The van der Waals surface area contributed by atoms with Crippen molar-refractivity contribution in [1.29, 1.82) is 0 Å². The predicted molar refractivity (Wildman–Crippen MR) is 71.8 cm³/mol. The van der Waals surface area contributed by atoms with Crippen LogP contribution in [0.5, 0.6) is 0 Å². The normalized spacial score (nSPS) is 17.1. The lowest BCUT2D eigenvalue weighted by molar-refractivity contribution is 0.370. The van der Waals surface area contributed by atoms with E-state index in [1.54, 1.807) is 0 Å². The van der Waals surface area contributed by atoms with E-state index in [9.17, 15) is 0 Å². The van der Waals surface area contributed by atoms with Gasteiger partial charge in [-0.25, -0.2) is 0 Å². The molecule has 0 radical (unpaired) electrons. The SMILES string of the molecule is CN1CC=C(c2ccc3cccnc3c2)CC1. The molecule has 86 valence electrons. The van der Waals surface area contributed by atoms with Crippen molar-refractivity contribution in [1.82, 2.24) is 9.88 Å². The largest absolute Gasteiger partial charge is 0.302 e. The third kappa shape index (κ3) is 2.08. The summed E-state index contributed by atoms with van der Waals surface area (Å²) in [4.78, 5) is 6.75. The molecule has 0 aliphatic carbocycles. The van der Waals surface area contributed by atoms with Gasteiger partial charge in [0.05, 0.1) is 5.52 Å². The quantitative estimate of drug-likeness (QED) is 0.740. The smallest absolute Gasteiger partial charge is 0.0708 e. The van der Waals surface area contributed by atoms with Crippen molar-refractivity contribution >= 4 is 16.5 Å². The molecule has 3 rings (SSSR count). The first-order valence-corrected chi connectivity index (χ1v) is 6.06. The number of benzene rings is 1. The van der Waals surface area contributed by atoms with Crippen LogP contribution in [0.3, 0.4) is 0 Å². The summed E-state index contributed by atoms with van der Waals surface area (Å²) in [5.74, 6) is 0. The van der Waals surface area contributed by atoms with Crippen molar-refractivity contribution in [3.8, 4) is 0 Å². The van der Waals surface area contributed by atoms with Crippen molar-refractivity contribution in [2.45, 2.75) is 6.42 Å². The topological polar surface area (TPSA) is 16.1 Å². The van der Waals surface area contributed by atoms with Crippen molar-refractivity contribution in [3.05, 3.63) is 48.2 Å². The van der Waals surface area contributed by atoms with Gasteiger partial charge in [0.2, 0.25) is 0 Å². The number of likely N-dealkylation sites (N-methyl/N-ethyl adjacent to an activating group) is 1. The van der Waals surface area contributed by atoms with E-state index >= 15 is 0 Å². The molecule has 0 unspecified atom stereocenters. The lowest BCUT2D eigenvalue weighted by Gasteiger charge is -2.22. The fourth-order valence-corrected chi connectivity index (χ4v) is 2.30. The number of fused-ring (bicyclic) bond motifs is 1. The van der Waals surface area contributed by atoms with E-state index in [1.165, 1.54) is 16.5 Å². The highest BCUT2D eigenvalue weighted by molar-refractivity contribution is 5.83. The molecule has 17 heavy (non-hydrogen) atoms. The molecule has 0 atom stereocenters. The maximum Gasteiger partial charge on any atom is 0.0708 e. The van der Waals surface area contributed by atoms with E-state index in [0.29, 0.717) is 0 Å². The van der Waals surface area contributed by atoms with Crippen LogP contribution in [0.4, 0.5) is 0 Å². The zero-order valence-corrected chi connectivity index (χ0v) is 10.1. The summed E-state index contributed by atoms with van der Waals surface area (Å²) in [6, 6.07) is 10.7. The van der Waals surface area contributed by atoms with Gasteiger partial charge in [0.1, 0.15) is 0 Å². The fourth-order valence-electron chi connectivity index (χ4n) is 2.30. The average Bonchev–Trinajstić information content (AvgIpc) is 2.39. The summed E-state index contributed by atoms with van der Waals surface area (Å²) in [5.41, 5.74) is 3.87. The first kappa shape index (κ1) is 10.5. The van der Waals surface area contributed by atoms with E-state index in [1.807, 2.05) is 12.3 Å². The molecule has 0 spiro atoms. The number of nitrogens with zero attached hydrogens (tertiary/aromatic N) is 2. The minimum absolute atomic E-state index is 1.05. The zero-order chi connectivity index (χ0) is 11.7. The summed E-state index contributed by atoms with van der Waals surface area (Å²) >= 11 is 0. The fraction of sp³-hybridized carbons (Fsp3) is 0.267. The van der Waals surface area contributed by atoms with Crippen LogP contribution >= 0.6 is 0 Å². The molecular formula is C15H16N2. The van der Waals surface area contributed by atoms with Gasteiger partial charge >= 0.3 is 0 Å². The zero-order valence-electron chi connectivity index (χ0n) is 10.1. The first-order chi connectivity index (χ1) is 8.33. The number of hydrogen-bond donors (Lipinski definition) is 0. The Morgan fingerprint density at radius 2 is 2.18 bits per heavy atom. The predicted octanol–water partition coefficient (Wildman–Crippen LogP) is 2.95. The molecule has 0 bridgehead atoms. The van der Waals surface area contributed by atoms with E-state index in [-0.39, 0.29) is 0 Å². The van der Waals surface area contributed by atoms with Gasteiger partial charge in [-0.2, -0.15) is 0 Å². The Morgan fingerprint density at radius 3 is 3.00 bits per heavy atom. The lowest BCUT2D eigenvalue weighted by atomic mass is 9.98. The van der Waals surface area contributed by atoms with Gasteiger partial charge in [-0.1, -0.05) is 24.3 Å². The molecule has 2 nitrogen and oxygen atoms in total. The molecule has 1 aliphatic rings. The monoisotopic (exact) mass is 224 g/mol. The standard InChI is InChI=1S/C15H16N2/c1-17-9-6-12(7-10-17)14-5-4-13-3-2-8-16-15(13)11-14/h2-6,8,11H,7,9-10H2,1H3. The van der Waals surface area contributed by atoms with E-state index in [0.717, 1.165) is 25.0 Å². The Kier molecular flexibility index (Phi) is 2.65. The first-order valence-electron chi connectivity index (χ1n) is 6.06. The molecule has 0 N–H and O–H groups in total. The maximum atomic E-state index is 4.41. The number of aromatic nitrogens is 1. The molecule has 2 heterocycles. The van der Waals surface area contributed by atoms with Gasteiger partial charge in [0, 0.05) is 24.7 Å². The highest BCUT2D eigenvalue weighted by atomic mass is 15.1. The second-order valence-electron chi connectivity index (χ2n) is 4.65. The van der Waals surface area contributed by atoms with Crippen LogP contribution in [0.1, 0.15) is 12.0 Å². The Bertz CT molecular complexity index is 572. The van der Waals surface area contributed by atoms with Gasteiger partial charge in [-0.05, 0) is 36.7 Å². The highest BCUT2D eigenvalue weighted by Gasteiger charge is 2.09. The Morgan fingerprint density at radius 1 is 1.24 bits per heavy atom. The third-order valence-corrected chi connectivity index (χ3v) is 3.39. The van der Waals surface area contributed by atoms with E-state index in [4.69, 9.17) is 0 Å².